The Bertz CT molecular complexity index is 419. The van der Waals surface area contributed by atoms with Gasteiger partial charge in [0.05, 0.1) is 0 Å². The zero-order valence-corrected chi connectivity index (χ0v) is 15.1. The van der Waals surface area contributed by atoms with Crippen molar-refractivity contribution in [3.63, 3.8) is 0 Å². The van der Waals surface area contributed by atoms with Gasteiger partial charge in [0.2, 0.25) is 11.8 Å². The van der Waals surface area contributed by atoms with E-state index in [4.69, 9.17) is 0 Å². The van der Waals surface area contributed by atoms with Crippen molar-refractivity contribution >= 4 is 11.8 Å². The third-order valence-electron chi connectivity index (χ3n) is 5.32. The van der Waals surface area contributed by atoms with E-state index in [0.717, 1.165) is 52.0 Å². The second-order valence-electron chi connectivity index (χ2n) is 7.35. The van der Waals surface area contributed by atoms with E-state index in [1.165, 1.54) is 0 Å². The van der Waals surface area contributed by atoms with Crippen LogP contribution in [0.3, 0.4) is 0 Å². The molecule has 0 spiro atoms. The fraction of sp³-hybridized carbons (Fsp3) is 0.882. The van der Waals surface area contributed by atoms with Gasteiger partial charge in [-0.3, -0.25) is 9.59 Å². The molecule has 0 bridgehead atoms. The minimum atomic E-state index is -0.144. The van der Waals surface area contributed by atoms with E-state index in [0.29, 0.717) is 12.5 Å². The first-order chi connectivity index (χ1) is 10.9. The smallest absolute Gasteiger partial charge is 0.226 e. The van der Waals surface area contributed by atoms with E-state index < -0.39 is 0 Å². The maximum Gasteiger partial charge on any atom is 0.226 e. The average Bonchev–Trinajstić information content (AvgIpc) is 2.58. The Hall–Kier alpha value is -1.14. The molecule has 6 nitrogen and oxygen atoms in total. The molecular weight excluding hydrogens is 292 g/mol. The van der Waals surface area contributed by atoms with Crippen molar-refractivity contribution < 1.29 is 9.59 Å². The molecule has 2 rings (SSSR count). The zero-order chi connectivity index (χ0) is 17.0. The molecule has 0 aliphatic carbocycles. The topological polar surface area (TPSA) is 47.1 Å². The molecule has 0 radical (unpaired) electrons. The van der Waals surface area contributed by atoms with E-state index >= 15 is 0 Å². The second kappa shape index (κ2) is 8.11. The van der Waals surface area contributed by atoms with Crippen molar-refractivity contribution in [1.82, 2.24) is 19.6 Å². The van der Waals surface area contributed by atoms with Crippen LogP contribution < -0.4 is 0 Å². The highest BCUT2D eigenvalue weighted by atomic mass is 16.2. The number of rotatable bonds is 2. The molecule has 2 aliphatic rings. The number of amides is 2. The van der Waals surface area contributed by atoms with Gasteiger partial charge >= 0.3 is 0 Å². The van der Waals surface area contributed by atoms with Gasteiger partial charge in [0.1, 0.15) is 0 Å². The van der Waals surface area contributed by atoms with Crippen molar-refractivity contribution in [2.45, 2.75) is 31.7 Å². The summed E-state index contributed by atoms with van der Waals surface area (Å²) in [6.45, 7) is 4.18. The van der Waals surface area contributed by atoms with Gasteiger partial charge in [0.15, 0.2) is 0 Å². The van der Waals surface area contributed by atoms with Crippen LogP contribution >= 0.6 is 0 Å². The van der Waals surface area contributed by atoms with Crippen molar-refractivity contribution in [3.8, 4) is 0 Å². The van der Waals surface area contributed by atoms with E-state index in [-0.39, 0.29) is 17.7 Å². The molecular formula is C17H32N4O2. The summed E-state index contributed by atoms with van der Waals surface area (Å²) in [5.41, 5.74) is 0. The van der Waals surface area contributed by atoms with Gasteiger partial charge in [-0.2, -0.15) is 0 Å². The van der Waals surface area contributed by atoms with Crippen LogP contribution in [0, 0.1) is 5.92 Å². The Kier molecular flexibility index (Phi) is 6.41. The molecule has 2 unspecified atom stereocenters. The summed E-state index contributed by atoms with van der Waals surface area (Å²) in [7, 11) is 8.07. The van der Waals surface area contributed by atoms with Crippen LogP contribution in [0.1, 0.15) is 25.7 Å². The molecule has 2 atom stereocenters. The maximum absolute atomic E-state index is 12.8. The number of carbonyl (C=O) groups excluding carboxylic acids is 2. The van der Waals surface area contributed by atoms with Gasteiger partial charge in [-0.05, 0) is 34.0 Å². The number of nitrogens with zero attached hydrogens (tertiary/aromatic N) is 4. The number of likely N-dealkylation sites (N-methyl/N-ethyl adjacent to an activating group) is 3. The number of piperazine rings is 1. The van der Waals surface area contributed by atoms with Crippen LogP contribution in [0.15, 0.2) is 0 Å². The Labute approximate surface area is 140 Å². The third-order valence-corrected chi connectivity index (χ3v) is 5.32. The normalized spacial score (nSPS) is 28.5. The summed E-state index contributed by atoms with van der Waals surface area (Å²) >= 11 is 0. The highest BCUT2D eigenvalue weighted by Crippen LogP contribution is 2.22. The quantitative estimate of drug-likeness (QED) is 0.735. The highest BCUT2D eigenvalue weighted by molar-refractivity contribution is 5.86. The number of hydrogen-bond acceptors (Lipinski definition) is 4. The van der Waals surface area contributed by atoms with E-state index in [2.05, 4.69) is 30.9 Å². The van der Waals surface area contributed by atoms with Gasteiger partial charge in [-0.25, -0.2) is 0 Å². The van der Waals surface area contributed by atoms with Gasteiger partial charge in [0.25, 0.3) is 0 Å². The Morgan fingerprint density at radius 1 is 1.09 bits per heavy atom. The van der Waals surface area contributed by atoms with Gasteiger partial charge in [-0.1, -0.05) is 6.42 Å². The first kappa shape index (κ1) is 18.2. The lowest BCUT2D eigenvalue weighted by Crippen LogP contribution is -2.49. The molecule has 132 valence electrons. The van der Waals surface area contributed by atoms with Gasteiger partial charge in [0, 0.05) is 58.2 Å². The lowest BCUT2D eigenvalue weighted by Gasteiger charge is -2.34. The van der Waals surface area contributed by atoms with Gasteiger partial charge < -0.3 is 19.6 Å². The largest absolute Gasteiger partial charge is 0.344 e. The van der Waals surface area contributed by atoms with Crippen molar-refractivity contribution in [2.24, 2.45) is 5.92 Å². The molecule has 2 amide bonds. The molecule has 23 heavy (non-hydrogen) atoms. The first-order valence-corrected chi connectivity index (χ1v) is 8.76. The second-order valence-corrected chi connectivity index (χ2v) is 7.35. The highest BCUT2D eigenvalue weighted by Gasteiger charge is 2.31. The molecule has 0 N–H and O–H groups in total. The molecule has 0 aromatic heterocycles. The Morgan fingerprint density at radius 3 is 2.35 bits per heavy atom. The summed E-state index contributed by atoms with van der Waals surface area (Å²) in [5.74, 6) is 0.142. The number of hydrogen-bond donors (Lipinski definition) is 0. The van der Waals surface area contributed by atoms with E-state index in [1.807, 2.05) is 11.9 Å². The van der Waals surface area contributed by atoms with Crippen LogP contribution in [0.4, 0.5) is 0 Å². The third kappa shape index (κ3) is 4.91. The predicted molar refractivity (Wildman–Crippen MR) is 91.1 cm³/mol. The summed E-state index contributed by atoms with van der Waals surface area (Å²) in [6, 6.07) is 0.376. The van der Waals surface area contributed by atoms with Crippen LogP contribution in [-0.4, -0.2) is 98.4 Å². The molecule has 2 aliphatic heterocycles. The molecule has 0 aromatic carbocycles. The van der Waals surface area contributed by atoms with Gasteiger partial charge in [-0.15, -0.1) is 0 Å². The summed E-state index contributed by atoms with van der Waals surface area (Å²) in [4.78, 5) is 33.5. The standard InChI is InChI=1S/C17H32N4O2/c1-18(2)15-7-5-6-14(12-16(22)20(4)13-15)17(23)21-10-8-19(3)9-11-21/h14-15H,5-13H2,1-4H3. The first-order valence-electron chi connectivity index (χ1n) is 8.76. The van der Waals surface area contributed by atoms with Crippen LogP contribution in [0.5, 0.6) is 0 Å². The van der Waals surface area contributed by atoms with Crippen LogP contribution in [-0.2, 0) is 9.59 Å². The molecule has 0 aromatic rings. The van der Waals surface area contributed by atoms with E-state index in [1.54, 1.807) is 4.90 Å². The molecule has 0 saturated carbocycles. The fourth-order valence-electron chi connectivity index (χ4n) is 3.50. The summed E-state index contributed by atoms with van der Waals surface area (Å²) in [6.07, 6.45) is 3.24. The Balaban J connectivity index is 2.01. The van der Waals surface area contributed by atoms with Crippen molar-refractivity contribution in [1.29, 1.82) is 0 Å². The van der Waals surface area contributed by atoms with Crippen LogP contribution in [0.25, 0.3) is 0 Å². The monoisotopic (exact) mass is 324 g/mol. The minimum absolute atomic E-state index is 0.103. The SMILES string of the molecule is CN1CCN(C(=O)C2CCCC(N(C)C)CN(C)C(=O)C2)CC1. The molecule has 2 fully saturated rings. The predicted octanol–water partition coefficient (Wildman–Crippen LogP) is 0.339. The lowest BCUT2D eigenvalue weighted by atomic mass is 9.95. The molecule has 6 heteroatoms. The van der Waals surface area contributed by atoms with Crippen LogP contribution in [0.2, 0.25) is 0 Å². The van der Waals surface area contributed by atoms with Crippen molar-refractivity contribution in [2.75, 3.05) is 60.9 Å². The Morgan fingerprint density at radius 2 is 1.74 bits per heavy atom. The average molecular weight is 324 g/mol. The maximum atomic E-state index is 12.8. The fourth-order valence-corrected chi connectivity index (χ4v) is 3.50. The summed E-state index contributed by atoms with van der Waals surface area (Å²) < 4.78 is 0. The number of carbonyl (C=O) groups is 2. The zero-order valence-electron chi connectivity index (χ0n) is 15.1. The minimum Gasteiger partial charge on any atom is -0.344 e. The van der Waals surface area contributed by atoms with E-state index in [9.17, 15) is 9.59 Å². The van der Waals surface area contributed by atoms with Crippen molar-refractivity contribution in [3.05, 3.63) is 0 Å². The molecule has 2 saturated heterocycles. The molecule has 2 heterocycles. The lowest BCUT2D eigenvalue weighted by molar-refractivity contribution is -0.142. The summed E-state index contributed by atoms with van der Waals surface area (Å²) in [5, 5.41) is 0.